The van der Waals surface area contributed by atoms with Crippen LogP contribution in [0.2, 0.25) is 0 Å². The van der Waals surface area contributed by atoms with Crippen LogP contribution in [0.1, 0.15) is 10.4 Å². The van der Waals surface area contributed by atoms with Crippen molar-refractivity contribution in [1.29, 1.82) is 0 Å². The van der Waals surface area contributed by atoms with Crippen molar-refractivity contribution in [3.05, 3.63) is 40.6 Å². The van der Waals surface area contributed by atoms with E-state index in [4.69, 9.17) is 0 Å². The summed E-state index contributed by atoms with van der Waals surface area (Å²) >= 11 is 3.32. The first-order valence-corrected chi connectivity index (χ1v) is 7.60. The number of carbonyl (C=O) groups excluding carboxylic acids is 1. The predicted molar refractivity (Wildman–Crippen MR) is 69.8 cm³/mol. The molecular formula is C11H9BrN2O3S. The van der Waals surface area contributed by atoms with Gasteiger partial charge in [0.15, 0.2) is 9.84 Å². The molecule has 94 valence electrons. The Labute approximate surface area is 112 Å². The largest absolute Gasteiger partial charge is 0.298 e. The van der Waals surface area contributed by atoms with Crippen molar-refractivity contribution in [2.24, 2.45) is 0 Å². The fraction of sp³-hybridized carbons (Fsp3) is 0.0909. The summed E-state index contributed by atoms with van der Waals surface area (Å²) in [6.07, 6.45) is 4.57. The van der Waals surface area contributed by atoms with E-state index in [1.54, 1.807) is 18.2 Å². The van der Waals surface area contributed by atoms with Crippen LogP contribution in [0.3, 0.4) is 0 Å². The van der Waals surface area contributed by atoms with E-state index in [0.29, 0.717) is 15.7 Å². The van der Waals surface area contributed by atoms with Gasteiger partial charge < -0.3 is 0 Å². The molecule has 0 radical (unpaired) electrons. The van der Waals surface area contributed by atoms with Crippen molar-refractivity contribution in [2.75, 3.05) is 6.26 Å². The quantitative estimate of drug-likeness (QED) is 0.806. The number of halogens is 1. The zero-order valence-corrected chi connectivity index (χ0v) is 11.8. The third-order valence-corrected chi connectivity index (χ3v) is 4.04. The van der Waals surface area contributed by atoms with Gasteiger partial charge >= 0.3 is 0 Å². The van der Waals surface area contributed by atoms with E-state index in [9.17, 15) is 13.2 Å². The van der Waals surface area contributed by atoms with Gasteiger partial charge in [0.25, 0.3) is 0 Å². The third-order valence-electron chi connectivity index (χ3n) is 2.34. The van der Waals surface area contributed by atoms with Gasteiger partial charge in [0.2, 0.25) is 0 Å². The Kier molecular flexibility index (Phi) is 3.36. The summed E-state index contributed by atoms with van der Waals surface area (Å²) in [5.74, 6) is 0. The lowest BCUT2D eigenvalue weighted by molar-refractivity contribution is 0.112. The van der Waals surface area contributed by atoms with Crippen molar-refractivity contribution in [3.63, 3.8) is 0 Å². The lowest BCUT2D eigenvalue weighted by Crippen LogP contribution is -1.97. The monoisotopic (exact) mass is 328 g/mol. The summed E-state index contributed by atoms with van der Waals surface area (Å²) < 4.78 is 24.8. The van der Waals surface area contributed by atoms with Gasteiger partial charge in [-0.05, 0) is 34.1 Å². The molecule has 0 saturated heterocycles. The minimum atomic E-state index is -3.27. The van der Waals surface area contributed by atoms with Gasteiger partial charge in [-0.2, -0.15) is 5.10 Å². The lowest BCUT2D eigenvalue weighted by Gasteiger charge is -2.04. The molecule has 0 N–H and O–H groups in total. The molecular weight excluding hydrogens is 320 g/mol. The van der Waals surface area contributed by atoms with Gasteiger partial charge in [-0.25, -0.2) is 13.1 Å². The zero-order valence-electron chi connectivity index (χ0n) is 9.37. The Morgan fingerprint density at radius 2 is 2.11 bits per heavy atom. The van der Waals surface area contributed by atoms with Crippen LogP contribution in [-0.4, -0.2) is 30.7 Å². The number of hydrogen-bond acceptors (Lipinski definition) is 4. The Bertz CT molecular complexity index is 707. The van der Waals surface area contributed by atoms with Crippen LogP contribution in [0, 0.1) is 0 Å². The average Bonchev–Trinajstić information content (AvgIpc) is 2.77. The second kappa shape index (κ2) is 4.66. The Balaban J connectivity index is 2.50. The van der Waals surface area contributed by atoms with Crippen LogP contribution in [0.15, 0.2) is 40.0 Å². The van der Waals surface area contributed by atoms with Crippen molar-refractivity contribution in [1.82, 2.24) is 9.78 Å². The summed E-state index contributed by atoms with van der Waals surface area (Å²) in [5.41, 5.74) is 1.19. The molecule has 0 atom stereocenters. The van der Waals surface area contributed by atoms with Gasteiger partial charge in [0, 0.05) is 22.5 Å². The second-order valence-electron chi connectivity index (χ2n) is 3.72. The first kappa shape index (κ1) is 13.0. The van der Waals surface area contributed by atoms with E-state index < -0.39 is 9.84 Å². The van der Waals surface area contributed by atoms with Gasteiger partial charge in [-0.15, -0.1) is 0 Å². The molecule has 1 heterocycles. The van der Waals surface area contributed by atoms with Gasteiger partial charge in [-0.3, -0.25) is 4.79 Å². The summed E-state index contributed by atoms with van der Waals surface area (Å²) in [5, 5.41) is 3.99. The fourth-order valence-corrected chi connectivity index (χ4v) is 2.52. The van der Waals surface area contributed by atoms with Gasteiger partial charge in [0.05, 0.1) is 11.9 Å². The third kappa shape index (κ3) is 2.51. The second-order valence-corrected chi connectivity index (χ2v) is 6.59. The van der Waals surface area contributed by atoms with Crippen molar-refractivity contribution < 1.29 is 13.2 Å². The zero-order chi connectivity index (χ0) is 13.3. The fourth-order valence-electron chi connectivity index (χ4n) is 1.41. The van der Waals surface area contributed by atoms with E-state index in [2.05, 4.69) is 21.0 Å². The van der Waals surface area contributed by atoms with Gasteiger partial charge in [0.1, 0.15) is 11.2 Å². The van der Waals surface area contributed by atoms with Gasteiger partial charge in [-0.1, -0.05) is 0 Å². The molecule has 5 nitrogen and oxygen atoms in total. The Morgan fingerprint density at radius 1 is 1.39 bits per heavy atom. The highest BCUT2D eigenvalue weighted by atomic mass is 79.9. The van der Waals surface area contributed by atoms with E-state index in [1.165, 1.54) is 17.1 Å². The van der Waals surface area contributed by atoms with Crippen molar-refractivity contribution >= 4 is 32.1 Å². The Morgan fingerprint density at radius 3 is 2.61 bits per heavy atom. The number of rotatable bonds is 3. The number of aromatic nitrogens is 2. The van der Waals surface area contributed by atoms with Crippen LogP contribution in [0.5, 0.6) is 0 Å². The average molecular weight is 329 g/mol. The number of benzene rings is 1. The molecule has 0 amide bonds. The molecule has 0 aliphatic carbocycles. The maximum absolute atomic E-state index is 11.4. The standard InChI is InChI=1S/C11H9BrN2O3S/c1-18(16,17)9-5-13-14(6-9)11-3-2-8(7-15)4-10(11)12/h2-7H,1H3. The summed E-state index contributed by atoms with van der Waals surface area (Å²) in [4.78, 5) is 10.8. The maximum Gasteiger partial charge on any atom is 0.178 e. The molecule has 0 aliphatic rings. The van der Waals surface area contributed by atoms with E-state index in [1.807, 2.05) is 0 Å². The van der Waals surface area contributed by atoms with Crippen molar-refractivity contribution in [3.8, 4) is 5.69 Å². The molecule has 0 unspecified atom stereocenters. The first-order chi connectivity index (χ1) is 8.41. The maximum atomic E-state index is 11.4. The van der Waals surface area contributed by atoms with Crippen LogP contribution < -0.4 is 0 Å². The number of aldehydes is 1. The molecule has 1 aromatic heterocycles. The highest BCUT2D eigenvalue weighted by Crippen LogP contribution is 2.22. The summed E-state index contributed by atoms with van der Waals surface area (Å²) in [6, 6.07) is 4.96. The number of hydrogen-bond donors (Lipinski definition) is 0. The Hall–Kier alpha value is -1.47. The highest BCUT2D eigenvalue weighted by molar-refractivity contribution is 9.10. The molecule has 18 heavy (non-hydrogen) atoms. The molecule has 0 bridgehead atoms. The SMILES string of the molecule is CS(=O)(=O)c1cnn(-c2ccc(C=O)cc2Br)c1. The highest BCUT2D eigenvalue weighted by Gasteiger charge is 2.12. The van der Waals surface area contributed by atoms with E-state index in [-0.39, 0.29) is 4.90 Å². The molecule has 0 fully saturated rings. The lowest BCUT2D eigenvalue weighted by atomic mass is 10.2. The molecule has 2 rings (SSSR count). The molecule has 0 aliphatic heterocycles. The van der Waals surface area contributed by atoms with E-state index in [0.717, 1.165) is 12.5 Å². The van der Waals surface area contributed by atoms with Crippen LogP contribution >= 0.6 is 15.9 Å². The summed E-state index contributed by atoms with van der Waals surface area (Å²) in [7, 11) is -3.27. The number of nitrogens with zero attached hydrogens (tertiary/aromatic N) is 2. The number of sulfone groups is 1. The molecule has 1 aromatic carbocycles. The van der Waals surface area contributed by atoms with Crippen molar-refractivity contribution in [2.45, 2.75) is 4.90 Å². The van der Waals surface area contributed by atoms with Crippen LogP contribution in [0.25, 0.3) is 5.69 Å². The minimum absolute atomic E-state index is 0.147. The predicted octanol–water partition coefficient (Wildman–Crippen LogP) is 1.85. The van der Waals surface area contributed by atoms with E-state index >= 15 is 0 Å². The first-order valence-electron chi connectivity index (χ1n) is 4.91. The molecule has 0 saturated carbocycles. The van der Waals surface area contributed by atoms with Crippen LogP contribution in [-0.2, 0) is 9.84 Å². The molecule has 2 aromatic rings. The van der Waals surface area contributed by atoms with Crippen LogP contribution in [0.4, 0.5) is 0 Å². The normalized spacial score (nSPS) is 11.4. The minimum Gasteiger partial charge on any atom is -0.298 e. The smallest absolute Gasteiger partial charge is 0.178 e. The topological polar surface area (TPSA) is 69.0 Å². The number of carbonyl (C=O) groups is 1. The molecule has 7 heteroatoms. The molecule has 0 spiro atoms. The summed E-state index contributed by atoms with van der Waals surface area (Å²) in [6.45, 7) is 0.